The van der Waals surface area contributed by atoms with E-state index in [1.165, 1.54) is 0 Å². The van der Waals surface area contributed by atoms with Crippen LogP contribution in [0.1, 0.15) is 31.9 Å². The van der Waals surface area contributed by atoms with E-state index in [1.807, 2.05) is 19.1 Å². The molecule has 1 aromatic rings. The topological polar surface area (TPSA) is 69.4 Å². The average Bonchev–Trinajstić information content (AvgIpc) is 2.17. The molecule has 0 atom stereocenters. The summed E-state index contributed by atoms with van der Waals surface area (Å²) in [5.41, 5.74) is 2.17. The molecule has 102 valence electrons. The number of sulfonamides is 1. The van der Waals surface area contributed by atoms with Crippen LogP contribution in [0, 0.1) is 6.92 Å². The van der Waals surface area contributed by atoms with Crippen LogP contribution in [-0.4, -0.2) is 20.8 Å². The lowest BCUT2D eigenvalue weighted by atomic mass is 9.85. The van der Waals surface area contributed by atoms with Crippen molar-refractivity contribution in [1.82, 2.24) is 0 Å². The maximum absolute atomic E-state index is 10.9. The first-order valence-corrected chi connectivity index (χ1v) is 7.55. The fourth-order valence-electron chi connectivity index (χ4n) is 1.62. The number of hydrogen-bond acceptors (Lipinski definition) is 3. The molecule has 0 saturated heterocycles. The lowest BCUT2D eigenvalue weighted by molar-refractivity contribution is 0.330. The van der Waals surface area contributed by atoms with Crippen LogP contribution in [0.3, 0.4) is 0 Å². The van der Waals surface area contributed by atoms with Gasteiger partial charge in [0.05, 0.1) is 5.75 Å². The van der Waals surface area contributed by atoms with Gasteiger partial charge in [0.2, 0.25) is 10.0 Å². The zero-order chi connectivity index (χ0) is 14.0. The van der Waals surface area contributed by atoms with E-state index < -0.39 is 10.0 Å². The molecule has 2 N–H and O–H groups in total. The van der Waals surface area contributed by atoms with Gasteiger partial charge in [-0.25, -0.2) is 13.6 Å². The highest BCUT2D eigenvalue weighted by atomic mass is 32.2. The summed E-state index contributed by atoms with van der Waals surface area (Å²) in [5.74, 6) is 0.543. The maximum atomic E-state index is 10.9. The molecule has 0 aromatic heterocycles. The summed E-state index contributed by atoms with van der Waals surface area (Å²) in [6.45, 7) is 8.37. The molecule has 0 bridgehead atoms. The van der Waals surface area contributed by atoms with Crippen LogP contribution < -0.4 is 9.88 Å². The fraction of sp³-hybridized carbons (Fsp3) is 0.538. The molecule has 0 radical (unpaired) electrons. The van der Waals surface area contributed by atoms with Gasteiger partial charge >= 0.3 is 0 Å². The third kappa shape index (κ3) is 4.66. The third-order valence-electron chi connectivity index (χ3n) is 2.57. The molecule has 0 aliphatic heterocycles. The summed E-state index contributed by atoms with van der Waals surface area (Å²) in [6.07, 6.45) is 0. The van der Waals surface area contributed by atoms with Gasteiger partial charge in [0.25, 0.3) is 0 Å². The van der Waals surface area contributed by atoms with Gasteiger partial charge in [-0.15, -0.1) is 0 Å². The number of aryl methyl sites for hydroxylation is 1. The van der Waals surface area contributed by atoms with Crippen LogP contribution in [0.15, 0.2) is 18.2 Å². The second-order valence-corrected chi connectivity index (χ2v) is 7.20. The maximum Gasteiger partial charge on any atom is 0.212 e. The lowest BCUT2D eigenvalue weighted by Gasteiger charge is -2.23. The van der Waals surface area contributed by atoms with E-state index in [0.29, 0.717) is 0 Å². The van der Waals surface area contributed by atoms with Gasteiger partial charge in [-0.2, -0.15) is 0 Å². The molecular formula is C13H21NO3S. The van der Waals surface area contributed by atoms with Gasteiger partial charge < -0.3 is 4.74 Å². The first-order chi connectivity index (χ1) is 8.09. The monoisotopic (exact) mass is 271 g/mol. The quantitative estimate of drug-likeness (QED) is 0.910. The van der Waals surface area contributed by atoms with Gasteiger partial charge in [0.15, 0.2) is 0 Å². The number of nitrogens with two attached hydrogens (primary N) is 1. The van der Waals surface area contributed by atoms with Crippen LogP contribution in [-0.2, 0) is 15.4 Å². The Labute approximate surface area is 109 Å². The van der Waals surface area contributed by atoms with Crippen LogP contribution >= 0.6 is 0 Å². The zero-order valence-electron chi connectivity index (χ0n) is 11.4. The van der Waals surface area contributed by atoms with Crippen LogP contribution in [0.4, 0.5) is 0 Å². The minimum Gasteiger partial charge on any atom is -0.492 e. The van der Waals surface area contributed by atoms with Gasteiger partial charge in [0.1, 0.15) is 12.4 Å². The molecule has 0 amide bonds. The largest absolute Gasteiger partial charge is 0.492 e. The summed E-state index contributed by atoms with van der Waals surface area (Å²) >= 11 is 0. The van der Waals surface area contributed by atoms with Crippen molar-refractivity contribution < 1.29 is 13.2 Å². The van der Waals surface area contributed by atoms with Crippen LogP contribution in [0.2, 0.25) is 0 Å². The van der Waals surface area contributed by atoms with E-state index in [-0.39, 0.29) is 17.8 Å². The lowest BCUT2D eigenvalue weighted by Crippen LogP contribution is -2.22. The van der Waals surface area contributed by atoms with Gasteiger partial charge in [-0.3, -0.25) is 0 Å². The van der Waals surface area contributed by atoms with E-state index in [0.717, 1.165) is 16.9 Å². The van der Waals surface area contributed by atoms with Crippen molar-refractivity contribution in [3.8, 4) is 5.75 Å². The number of hydrogen-bond donors (Lipinski definition) is 1. The van der Waals surface area contributed by atoms with E-state index in [9.17, 15) is 8.42 Å². The van der Waals surface area contributed by atoms with E-state index in [2.05, 4.69) is 26.8 Å². The molecule has 0 heterocycles. The van der Waals surface area contributed by atoms with E-state index in [4.69, 9.17) is 9.88 Å². The van der Waals surface area contributed by atoms with Crippen molar-refractivity contribution in [3.63, 3.8) is 0 Å². The SMILES string of the molecule is Cc1ccc(OCCS(N)(=O)=O)c(C(C)(C)C)c1. The molecule has 0 aliphatic rings. The second kappa shape index (κ2) is 5.28. The molecule has 0 spiro atoms. The Morgan fingerprint density at radius 2 is 1.89 bits per heavy atom. The highest BCUT2D eigenvalue weighted by Gasteiger charge is 2.19. The molecule has 4 nitrogen and oxygen atoms in total. The van der Waals surface area contributed by atoms with Crippen molar-refractivity contribution in [2.45, 2.75) is 33.1 Å². The Bertz CT molecular complexity index is 516. The number of rotatable bonds is 4. The Morgan fingerprint density at radius 3 is 2.39 bits per heavy atom. The summed E-state index contributed by atoms with van der Waals surface area (Å²) < 4.78 is 27.2. The van der Waals surface area contributed by atoms with Crippen LogP contribution in [0.5, 0.6) is 5.75 Å². The Balaban J connectivity index is 2.89. The number of primary sulfonamides is 1. The second-order valence-electron chi connectivity index (χ2n) is 5.47. The standard InChI is InChI=1S/C13H21NO3S/c1-10-5-6-12(11(9-10)13(2,3)4)17-7-8-18(14,15)16/h5-6,9H,7-8H2,1-4H3,(H2,14,15,16). The molecule has 0 unspecified atom stereocenters. The minimum absolute atomic E-state index is 0.0526. The summed E-state index contributed by atoms with van der Waals surface area (Å²) in [4.78, 5) is 0. The van der Waals surface area contributed by atoms with Crippen molar-refractivity contribution in [2.75, 3.05) is 12.4 Å². The zero-order valence-corrected chi connectivity index (χ0v) is 12.2. The van der Waals surface area contributed by atoms with Crippen molar-refractivity contribution in [3.05, 3.63) is 29.3 Å². The summed E-state index contributed by atoms with van der Waals surface area (Å²) in [6, 6.07) is 5.88. The summed E-state index contributed by atoms with van der Waals surface area (Å²) in [7, 11) is -3.48. The van der Waals surface area contributed by atoms with E-state index >= 15 is 0 Å². The van der Waals surface area contributed by atoms with Crippen molar-refractivity contribution in [2.24, 2.45) is 5.14 Å². The fourth-order valence-corrected chi connectivity index (χ4v) is 1.94. The molecule has 0 saturated carbocycles. The highest BCUT2D eigenvalue weighted by Crippen LogP contribution is 2.32. The normalized spacial score (nSPS) is 12.5. The molecule has 18 heavy (non-hydrogen) atoms. The predicted octanol–water partition coefficient (Wildman–Crippen LogP) is 1.96. The van der Waals surface area contributed by atoms with Crippen molar-refractivity contribution >= 4 is 10.0 Å². The van der Waals surface area contributed by atoms with Gasteiger partial charge in [-0.05, 0) is 24.0 Å². The highest BCUT2D eigenvalue weighted by molar-refractivity contribution is 7.89. The molecule has 0 aliphatic carbocycles. The van der Waals surface area contributed by atoms with E-state index in [1.54, 1.807) is 0 Å². The molecule has 0 fully saturated rings. The Morgan fingerprint density at radius 1 is 1.28 bits per heavy atom. The van der Waals surface area contributed by atoms with Crippen molar-refractivity contribution in [1.29, 1.82) is 0 Å². The molecule has 1 rings (SSSR count). The Hall–Kier alpha value is -1.07. The molecule has 1 aromatic carbocycles. The predicted molar refractivity (Wildman–Crippen MR) is 73.3 cm³/mol. The Kier molecular flexibility index (Phi) is 4.40. The summed E-state index contributed by atoms with van der Waals surface area (Å²) in [5, 5.41) is 4.94. The smallest absolute Gasteiger partial charge is 0.212 e. The molecule has 5 heteroatoms. The van der Waals surface area contributed by atoms with Gasteiger partial charge in [-0.1, -0.05) is 38.5 Å². The van der Waals surface area contributed by atoms with Crippen LogP contribution in [0.25, 0.3) is 0 Å². The first kappa shape index (κ1) is 15.0. The van der Waals surface area contributed by atoms with Gasteiger partial charge in [0, 0.05) is 0 Å². The number of benzene rings is 1. The minimum atomic E-state index is -3.48. The third-order valence-corrected chi connectivity index (χ3v) is 3.30. The number of ether oxygens (including phenoxy) is 1. The first-order valence-electron chi connectivity index (χ1n) is 5.84. The molecular weight excluding hydrogens is 250 g/mol. The average molecular weight is 271 g/mol.